The third-order valence-corrected chi connectivity index (χ3v) is 7.92. The average molecular weight is 522 g/mol. The summed E-state index contributed by atoms with van der Waals surface area (Å²) in [4.78, 5) is 29.6. The first-order chi connectivity index (χ1) is 15.8. The van der Waals surface area contributed by atoms with Crippen LogP contribution in [-0.4, -0.2) is 33.9 Å². The van der Waals surface area contributed by atoms with Gasteiger partial charge in [-0.2, -0.15) is 0 Å². The highest BCUT2D eigenvalue weighted by atomic mass is 79.9. The Hall–Kier alpha value is -2.57. The van der Waals surface area contributed by atoms with Crippen molar-refractivity contribution >= 4 is 45.0 Å². The van der Waals surface area contributed by atoms with Gasteiger partial charge < -0.3 is 10.0 Å². The van der Waals surface area contributed by atoms with Gasteiger partial charge >= 0.3 is 0 Å². The predicted octanol–water partition coefficient (Wildman–Crippen LogP) is 6.52. The zero-order valence-corrected chi connectivity index (χ0v) is 20.9. The van der Waals surface area contributed by atoms with E-state index in [1.807, 2.05) is 30.3 Å². The number of rotatable bonds is 3. The van der Waals surface area contributed by atoms with Crippen molar-refractivity contribution in [3.8, 4) is 0 Å². The predicted molar refractivity (Wildman–Crippen MR) is 136 cm³/mol. The fourth-order valence-electron chi connectivity index (χ4n) is 4.85. The number of carbonyl (C=O) groups is 2. The highest BCUT2D eigenvalue weighted by molar-refractivity contribution is 9.10. The highest BCUT2D eigenvalue weighted by Crippen LogP contribution is 2.52. The van der Waals surface area contributed by atoms with E-state index in [0.29, 0.717) is 34.3 Å². The molecule has 4 nitrogen and oxygen atoms in total. The van der Waals surface area contributed by atoms with Crippen LogP contribution in [-0.2, 0) is 4.79 Å². The smallest absolute Gasteiger partial charge is 0.196 e. The monoisotopic (exact) mass is 521 g/mol. The Bertz CT molecular complexity index is 1260. The van der Waals surface area contributed by atoms with Gasteiger partial charge in [0.05, 0.1) is 10.6 Å². The fraction of sp³-hybridized carbons (Fsp3) is 0.259. The van der Waals surface area contributed by atoms with Gasteiger partial charge in [-0.15, -0.1) is 11.8 Å². The molecule has 1 saturated heterocycles. The van der Waals surface area contributed by atoms with Crippen LogP contribution >= 0.6 is 27.7 Å². The molecule has 0 aromatic heterocycles. The lowest BCUT2D eigenvalue weighted by Gasteiger charge is -2.41. The highest BCUT2D eigenvalue weighted by Gasteiger charge is 2.45. The van der Waals surface area contributed by atoms with Crippen LogP contribution in [0.2, 0.25) is 0 Å². The molecule has 6 heteroatoms. The number of benzene rings is 2. The van der Waals surface area contributed by atoms with Crippen molar-refractivity contribution in [2.75, 3.05) is 12.3 Å². The summed E-state index contributed by atoms with van der Waals surface area (Å²) in [7, 11) is 0. The molecule has 2 aliphatic heterocycles. The number of thioether (sulfide) groups is 1. The second kappa shape index (κ2) is 8.33. The van der Waals surface area contributed by atoms with Gasteiger partial charge in [0.25, 0.3) is 0 Å². The molecular weight excluding hydrogens is 498 g/mol. The Balaban J connectivity index is 1.79. The van der Waals surface area contributed by atoms with Crippen LogP contribution in [0.5, 0.6) is 0 Å². The minimum atomic E-state index is -0.182. The number of allylic oxidation sites excluding steroid dienone is 4. The number of hydrogen-bond donors (Lipinski definition) is 1. The minimum Gasteiger partial charge on any atom is -0.507 e. The van der Waals surface area contributed by atoms with Crippen LogP contribution in [0.15, 0.2) is 86.5 Å². The van der Waals surface area contributed by atoms with Gasteiger partial charge in [0, 0.05) is 51.2 Å². The number of aliphatic hydroxyl groups is 1. The summed E-state index contributed by atoms with van der Waals surface area (Å²) in [6.45, 7) is 4.95. The Kier molecular flexibility index (Phi) is 5.61. The number of Topliss-reactive ketones (excluding diaryl/α,β-unsaturated/α-hetero) is 2. The third-order valence-electron chi connectivity index (χ3n) is 6.31. The topological polar surface area (TPSA) is 57.6 Å². The molecule has 168 valence electrons. The van der Waals surface area contributed by atoms with Crippen molar-refractivity contribution in [2.24, 2.45) is 5.41 Å². The Labute approximate surface area is 206 Å². The van der Waals surface area contributed by atoms with Gasteiger partial charge in [0.15, 0.2) is 11.6 Å². The number of aliphatic hydroxyl groups excluding tert-OH is 1. The molecule has 0 bridgehead atoms. The summed E-state index contributed by atoms with van der Waals surface area (Å²) in [5.41, 5.74) is 3.19. The van der Waals surface area contributed by atoms with E-state index in [1.54, 1.807) is 36.0 Å². The summed E-state index contributed by atoms with van der Waals surface area (Å²) in [5, 5.41) is 12.4. The fourth-order valence-corrected chi connectivity index (χ4v) is 6.27. The van der Waals surface area contributed by atoms with Crippen molar-refractivity contribution in [2.45, 2.75) is 26.7 Å². The van der Waals surface area contributed by atoms with Crippen LogP contribution in [0.3, 0.4) is 0 Å². The molecule has 33 heavy (non-hydrogen) atoms. The van der Waals surface area contributed by atoms with E-state index in [2.05, 4.69) is 34.7 Å². The molecule has 0 radical (unpaired) electrons. The first-order valence-corrected chi connectivity index (χ1v) is 12.8. The summed E-state index contributed by atoms with van der Waals surface area (Å²) in [5.74, 6) is 0.614. The van der Waals surface area contributed by atoms with Gasteiger partial charge in [-0.3, -0.25) is 9.59 Å². The van der Waals surface area contributed by atoms with Gasteiger partial charge in [-0.25, -0.2) is 0 Å². The van der Waals surface area contributed by atoms with E-state index < -0.39 is 0 Å². The second-order valence-electron chi connectivity index (χ2n) is 9.37. The zero-order valence-electron chi connectivity index (χ0n) is 18.5. The summed E-state index contributed by atoms with van der Waals surface area (Å²) in [6, 6.07) is 16.4. The Morgan fingerprint density at radius 1 is 1.03 bits per heavy atom. The third kappa shape index (κ3) is 3.89. The Morgan fingerprint density at radius 3 is 2.42 bits per heavy atom. The van der Waals surface area contributed by atoms with Gasteiger partial charge in [0.2, 0.25) is 0 Å². The van der Waals surface area contributed by atoms with Crippen LogP contribution in [0, 0.1) is 5.41 Å². The second-order valence-corrected chi connectivity index (χ2v) is 11.4. The van der Waals surface area contributed by atoms with Crippen LogP contribution in [0.25, 0.3) is 5.76 Å². The maximum atomic E-state index is 13.9. The van der Waals surface area contributed by atoms with E-state index in [9.17, 15) is 14.7 Å². The first-order valence-electron chi connectivity index (χ1n) is 11.0. The number of halogens is 1. The normalized spacial score (nSPS) is 21.2. The maximum Gasteiger partial charge on any atom is 0.196 e. The molecule has 3 aliphatic rings. The summed E-state index contributed by atoms with van der Waals surface area (Å²) < 4.78 is 0.884. The SMILES string of the molecule is CC1(C)CC(=O)C2=C(C1)N1CCSC1=C(C(=O)c1ccc(Br)cc1)C2=C(O)c1ccccc1. The van der Waals surface area contributed by atoms with Gasteiger partial charge in [-0.05, 0) is 36.1 Å². The standard InChI is InChI=1S/C27H24BrNO3S/c1-27(2)14-19-21(20(30)15-27)22(24(31)16-6-4-3-5-7-16)23(26-29(19)12-13-33-26)25(32)17-8-10-18(28)11-9-17/h3-11,31H,12-15H2,1-2H3. The number of fused-ring (bicyclic) bond motifs is 2. The van der Waals surface area contributed by atoms with Crippen LogP contribution in [0.4, 0.5) is 0 Å². The van der Waals surface area contributed by atoms with E-state index >= 15 is 0 Å². The Morgan fingerprint density at radius 2 is 1.73 bits per heavy atom. The molecule has 0 saturated carbocycles. The lowest BCUT2D eigenvalue weighted by Crippen LogP contribution is -2.37. The minimum absolute atomic E-state index is 0.0173. The molecular formula is C27H24BrNO3S. The molecule has 1 aliphatic carbocycles. The molecule has 2 aromatic rings. The van der Waals surface area contributed by atoms with Crippen molar-refractivity contribution in [3.63, 3.8) is 0 Å². The number of ketones is 2. The molecule has 0 spiro atoms. The van der Waals surface area contributed by atoms with Crippen LogP contribution in [0.1, 0.15) is 42.6 Å². The largest absolute Gasteiger partial charge is 0.507 e. The van der Waals surface area contributed by atoms with E-state index in [1.165, 1.54) is 0 Å². The number of hydrogen-bond acceptors (Lipinski definition) is 5. The lowest BCUT2D eigenvalue weighted by molar-refractivity contribution is -0.118. The van der Waals surface area contributed by atoms with Crippen molar-refractivity contribution in [1.29, 1.82) is 0 Å². The molecule has 2 aromatic carbocycles. The van der Waals surface area contributed by atoms with Crippen molar-refractivity contribution in [1.82, 2.24) is 4.90 Å². The van der Waals surface area contributed by atoms with Gasteiger partial charge in [-0.1, -0.05) is 60.1 Å². The average Bonchev–Trinajstić information content (AvgIpc) is 3.28. The first kappa shape index (κ1) is 22.2. The molecule has 0 amide bonds. The number of carbonyl (C=O) groups excluding carboxylic acids is 2. The molecule has 1 N–H and O–H groups in total. The lowest BCUT2D eigenvalue weighted by atomic mass is 9.71. The summed E-state index contributed by atoms with van der Waals surface area (Å²) >= 11 is 5.05. The zero-order chi connectivity index (χ0) is 23.3. The molecule has 1 fully saturated rings. The van der Waals surface area contributed by atoms with E-state index in [0.717, 1.165) is 33.9 Å². The van der Waals surface area contributed by atoms with Crippen molar-refractivity contribution < 1.29 is 14.7 Å². The molecule has 5 rings (SSSR count). The molecule has 2 heterocycles. The van der Waals surface area contributed by atoms with E-state index in [-0.39, 0.29) is 22.7 Å². The molecule has 0 atom stereocenters. The van der Waals surface area contributed by atoms with Crippen LogP contribution < -0.4 is 0 Å². The maximum absolute atomic E-state index is 13.9. The van der Waals surface area contributed by atoms with E-state index in [4.69, 9.17) is 0 Å². The number of nitrogens with zero attached hydrogens (tertiary/aromatic N) is 1. The molecule has 0 unspecified atom stereocenters. The quantitative estimate of drug-likeness (QED) is 0.368. The van der Waals surface area contributed by atoms with Gasteiger partial charge in [0.1, 0.15) is 5.76 Å². The van der Waals surface area contributed by atoms with Crippen molar-refractivity contribution in [3.05, 3.63) is 97.6 Å². The summed E-state index contributed by atoms with van der Waals surface area (Å²) in [6.07, 6.45) is 1.11.